The van der Waals surface area contributed by atoms with E-state index in [0.29, 0.717) is 0 Å². The molecular formula is C9H16N2O7. The van der Waals surface area contributed by atoms with Gasteiger partial charge in [-0.1, -0.05) is 0 Å². The van der Waals surface area contributed by atoms with E-state index in [9.17, 15) is 19.8 Å². The number of urea groups is 1. The molecule has 0 radical (unpaired) electrons. The van der Waals surface area contributed by atoms with Crippen LogP contribution >= 0.6 is 0 Å². The third-order valence-corrected chi connectivity index (χ3v) is 2.91. The van der Waals surface area contributed by atoms with Crippen molar-refractivity contribution in [1.29, 1.82) is 0 Å². The second kappa shape index (κ2) is 5.59. The van der Waals surface area contributed by atoms with Crippen molar-refractivity contribution in [3.63, 3.8) is 0 Å². The molecule has 3 amide bonds. The third-order valence-electron chi connectivity index (χ3n) is 2.91. The van der Waals surface area contributed by atoms with E-state index < -0.39 is 43.1 Å². The van der Waals surface area contributed by atoms with Crippen LogP contribution in [0.2, 0.25) is 0 Å². The van der Waals surface area contributed by atoms with Gasteiger partial charge in [-0.05, 0) is 0 Å². The summed E-state index contributed by atoms with van der Waals surface area (Å²) in [6.07, 6.45) is -4.42. The zero-order valence-corrected chi connectivity index (χ0v) is 9.44. The first-order valence-corrected chi connectivity index (χ1v) is 5.27. The highest BCUT2D eigenvalue weighted by atomic mass is 16.6. The molecule has 2 aliphatic heterocycles. The molecule has 2 rings (SSSR count). The normalized spacial score (nSPS) is 36.3. The van der Waals surface area contributed by atoms with Crippen molar-refractivity contribution in [1.82, 2.24) is 10.2 Å². The lowest BCUT2D eigenvalue weighted by atomic mass is 10.1. The number of imide groups is 1. The number of ether oxygens (including phenoxy) is 1. The van der Waals surface area contributed by atoms with Crippen LogP contribution in [-0.2, 0) is 9.53 Å². The first-order chi connectivity index (χ1) is 8.04. The Labute approximate surface area is 102 Å². The molecule has 0 unspecified atom stereocenters. The molecule has 9 heteroatoms. The second-order valence-corrected chi connectivity index (χ2v) is 4.03. The molecule has 0 saturated carbocycles. The molecule has 0 aromatic rings. The van der Waals surface area contributed by atoms with Crippen molar-refractivity contribution >= 4 is 11.9 Å². The van der Waals surface area contributed by atoms with E-state index in [1.165, 1.54) is 0 Å². The van der Waals surface area contributed by atoms with Gasteiger partial charge in [0.1, 0.15) is 18.3 Å². The molecule has 2 aliphatic rings. The number of nitrogens with zero attached hydrogens (tertiary/aromatic N) is 1. The highest BCUT2D eigenvalue weighted by Crippen LogP contribution is 2.25. The molecule has 0 aliphatic carbocycles. The minimum absolute atomic E-state index is 0. The van der Waals surface area contributed by atoms with Crippen molar-refractivity contribution in [2.75, 3.05) is 13.2 Å². The Morgan fingerprint density at radius 3 is 2.50 bits per heavy atom. The molecule has 0 aromatic carbocycles. The van der Waals surface area contributed by atoms with Gasteiger partial charge < -0.3 is 25.5 Å². The summed E-state index contributed by atoms with van der Waals surface area (Å²) in [5, 5.41) is 30.2. The first-order valence-electron chi connectivity index (χ1n) is 5.27. The van der Waals surface area contributed by atoms with Gasteiger partial charge in [-0.3, -0.25) is 15.0 Å². The molecule has 0 spiro atoms. The summed E-state index contributed by atoms with van der Waals surface area (Å²) < 4.78 is 5.18. The largest absolute Gasteiger partial charge is 0.412 e. The summed E-state index contributed by atoms with van der Waals surface area (Å²) in [5.74, 6) is -0.391. The van der Waals surface area contributed by atoms with Crippen LogP contribution in [0.5, 0.6) is 0 Å². The maximum absolute atomic E-state index is 11.5. The van der Waals surface area contributed by atoms with Gasteiger partial charge in [0, 0.05) is 13.0 Å². The molecule has 6 N–H and O–H groups in total. The number of aliphatic hydroxyl groups excluding tert-OH is 3. The van der Waals surface area contributed by atoms with Crippen LogP contribution in [0.1, 0.15) is 6.42 Å². The molecule has 2 fully saturated rings. The van der Waals surface area contributed by atoms with E-state index >= 15 is 0 Å². The van der Waals surface area contributed by atoms with Crippen LogP contribution in [0.25, 0.3) is 0 Å². The maximum atomic E-state index is 11.5. The molecular weight excluding hydrogens is 248 g/mol. The molecule has 0 bridgehead atoms. The fraction of sp³-hybridized carbons (Fsp3) is 0.778. The minimum atomic E-state index is -1.30. The highest BCUT2D eigenvalue weighted by Gasteiger charge is 2.47. The number of amides is 3. The number of carbonyl (C=O) groups excluding carboxylic acids is 2. The lowest BCUT2D eigenvalue weighted by Gasteiger charge is -2.32. The summed E-state index contributed by atoms with van der Waals surface area (Å²) in [5.41, 5.74) is 0. The number of aliphatic hydroxyl groups is 3. The summed E-state index contributed by atoms with van der Waals surface area (Å²) >= 11 is 0. The zero-order chi connectivity index (χ0) is 12.6. The van der Waals surface area contributed by atoms with Gasteiger partial charge in [-0.25, -0.2) is 4.79 Å². The second-order valence-electron chi connectivity index (χ2n) is 4.03. The van der Waals surface area contributed by atoms with Crippen molar-refractivity contribution < 1.29 is 35.1 Å². The van der Waals surface area contributed by atoms with E-state index in [1.807, 2.05) is 0 Å². The van der Waals surface area contributed by atoms with Gasteiger partial charge >= 0.3 is 6.03 Å². The van der Waals surface area contributed by atoms with Crippen molar-refractivity contribution in [3.05, 3.63) is 0 Å². The molecule has 4 atom stereocenters. The van der Waals surface area contributed by atoms with Gasteiger partial charge in [0.15, 0.2) is 6.23 Å². The van der Waals surface area contributed by atoms with Gasteiger partial charge in [0.25, 0.3) is 0 Å². The third kappa shape index (κ3) is 2.44. The SMILES string of the molecule is O.O=C1CCN([C@@H]2O[C@H](CO)[C@@H](O)[C@H]2O)C(=O)N1. The first kappa shape index (κ1) is 14.8. The van der Waals surface area contributed by atoms with E-state index in [1.54, 1.807) is 0 Å². The fourth-order valence-electron chi connectivity index (χ4n) is 1.96. The summed E-state index contributed by atoms with van der Waals surface area (Å²) in [7, 11) is 0. The van der Waals surface area contributed by atoms with Crippen molar-refractivity contribution in [2.45, 2.75) is 31.0 Å². The van der Waals surface area contributed by atoms with Crippen LogP contribution in [0.15, 0.2) is 0 Å². The predicted octanol–water partition coefficient (Wildman–Crippen LogP) is -3.46. The standard InChI is InChI=1S/C9H14N2O6.H2O/c12-3-4-6(14)7(15)8(17-4)11-2-1-5(13)10-9(11)16;/h4,6-8,12,14-15H,1-3H2,(H,10,13,16);1H2/t4-,6-,7-,8-;/m1./s1. The molecule has 0 aromatic heterocycles. The Morgan fingerprint density at radius 1 is 1.33 bits per heavy atom. The maximum Gasteiger partial charge on any atom is 0.326 e. The number of hydrogen-bond acceptors (Lipinski definition) is 6. The van der Waals surface area contributed by atoms with Crippen molar-refractivity contribution in [3.8, 4) is 0 Å². The van der Waals surface area contributed by atoms with Crippen LogP contribution in [0.3, 0.4) is 0 Å². The Balaban J connectivity index is 0.00000162. The smallest absolute Gasteiger partial charge is 0.326 e. The van der Waals surface area contributed by atoms with Gasteiger partial charge in [-0.15, -0.1) is 0 Å². The Kier molecular flexibility index (Phi) is 4.59. The Morgan fingerprint density at radius 2 is 2.00 bits per heavy atom. The van der Waals surface area contributed by atoms with Crippen LogP contribution in [0.4, 0.5) is 4.79 Å². The van der Waals surface area contributed by atoms with E-state index in [-0.39, 0.29) is 18.4 Å². The van der Waals surface area contributed by atoms with Gasteiger partial charge in [-0.2, -0.15) is 0 Å². The van der Waals surface area contributed by atoms with Crippen LogP contribution < -0.4 is 5.32 Å². The molecule has 2 saturated heterocycles. The van der Waals surface area contributed by atoms with Crippen LogP contribution in [0, 0.1) is 0 Å². The van der Waals surface area contributed by atoms with E-state index in [0.717, 1.165) is 4.90 Å². The predicted molar refractivity (Wildman–Crippen MR) is 56.2 cm³/mol. The lowest BCUT2D eigenvalue weighted by molar-refractivity contribution is -0.125. The van der Waals surface area contributed by atoms with E-state index in [2.05, 4.69) is 5.32 Å². The van der Waals surface area contributed by atoms with E-state index in [4.69, 9.17) is 9.84 Å². The average Bonchev–Trinajstić information content (AvgIpc) is 2.57. The van der Waals surface area contributed by atoms with Crippen molar-refractivity contribution in [2.24, 2.45) is 0 Å². The number of hydrogen-bond donors (Lipinski definition) is 4. The summed E-state index contributed by atoms with van der Waals surface area (Å²) in [6.45, 7) is -0.347. The quantitative estimate of drug-likeness (QED) is 0.407. The topological polar surface area (TPSA) is 151 Å². The monoisotopic (exact) mass is 264 g/mol. The summed E-state index contributed by atoms with van der Waals surface area (Å²) in [4.78, 5) is 23.6. The molecule has 18 heavy (non-hydrogen) atoms. The van der Waals surface area contributed by atoms with Gasteiger partial charge in [0.2, 0.25) is 5.91 Å². The molecule has 104 valence electrons. The number of nitrogens with one attached hydrogen (secondary N) is 1. The van der Waals surface area contributed by atoms with Gasteiger partial charge in [0.05, 0.1) is 6.61 Å². The molecule has 2 heterocycles. The lowest BCUT2D eigenvalue weighted by Crippen LogP contribution is -2.56. The zero-order valence-electron chi connectivity index (χ0n) is 9.44. The Hall–Kier alpha value is -1.26. The average molecular weight is 264 g/mol. The summed E-state index contributed by atoms with van der Waals surface area (Å²) in [6, 6.07) is -0.670. The number of carbonyl (C=O) groups is 2. The van der Waals surface area contributed by atoms with Crippen LogP contribution in [-0.4, -0.2) is 75.3 Å². The Bertz CT molecular complexity index is 337. The highest BCUT2D eigenvalue weighted by molar-refractivity contribution is 5.96. The minimum Gasteiger partial charge on any atom is -0.412 e. The fourth-order valence-corrected chi connectivity index (χ4v) is 1.96. The molecule has 9 nitrogen and oxygen atoms in total. The number of rotatable bonds is 2.